The summed E-state index contributed by atoms with van der Waals surface area (Å²) in [6.45, 7) is 2.06. The Kier molecular flexibility index (Phi) is 4.60. The largest absolute Gasteiger partial charge is 0.349 e. The number of carbonyl (C=O) groups is 1. The molecule has 3 heteroatoms. The van der Waals surface area contributed by atoms with Crippen molar-refractivity contribution in [2.24, 2.45) is 5.92 Å². The van der Waals surface area contributed by atoms with Gasteiger partial charge in [0.15, 0.2) is 0 Å². The van der Waals surface area contributed by atoms with Crippen LogP contribution in [0.2, 0.25) is 0 Å². The van der Waals surface area contributed by atoms with E-state index in [0.717, 1.165) is 6.42 Å². The Balaban J connectivity index is 1.76. The lowest BCUT2D eigenvalue weighted by atomic mass is 9.87. The monoisotopic (exact) mass is 251 g/mol. The van der Waals surface area contributed by atoms with Crippen LogP contribution in [0.1, 0.15) is 56.4 Å². The van der Waals surface area contributed by atoms with Gasteiger partial charge >= 0.3 is 0 Å². The summed E-state index contributed by atoms with van der Waals surface area (Å²) in [5, 5.41) is 5.16. The number of amides is 1. The summed E-state index contributed by atoms with van der Waals surface area (Å²) >= 11 is 1.70. The molecular formula is C14H21NOS. The number of hydrogen-bond donors (Lipinski definition) is 1. The third-order valence-electron chi connectivity index (χ3n) is 3.55. The summed E-state index contributed by atoms with van der Waals surface area (Å²) in [6.07, 6.45) is 7.15. The van der Waals surface area contributed by atoms with Crippen molar-refractivity contribution >= 4 is 17.2 Å². The van der Waals surface area contributed by atoms with E-state index in [-0.39, 0.29) is 11.9 Å². The average Bonchev–Trinajstić information content (AvgIpc) is 2.83. The summed E-state index contributed by atoms with van der Waals surface area (Å²) in [5.41, 5.74) is 0. The van der Waals surface area contributed by atoms with Gasteiger partial charge in [0.2, 0.25) is 5.91 Å². The van der Waals surface area contributed by atoms with Gasteiger partial charge in [-0.25, -0.2) is 0 Å². The van der Waals surface area contributed by atoms with E-state index in [0.29, 0.717) is 5.92 Å². The molecule has 0 saturated heterocycles. The highest BCUT2D eigenvalue weighted by atomic mass is 32.1. The quantitative estimate of drug-likeness (QED) is 0.864. The minimum Gasteiger partial charge on any atom is -0.349 e. The molecule has 2 rings (SSSR count). The topological polar surface area (TPSA) is 29.1 Å². The van der Waals surface area contributed by atoms with Crippen molar-refractivity contribution in [2.45, 2.75) is 51.5 Å². The normalized spacial score (nSPS) is 18.9. The molecule has 1 unspecified atom stereocenters. The molecule has 17 heavy (non-hydrogen) atoms. The molecule has 1 aliphatic carbocycles. The van der Waals surface area contributed by atoms with Crippen molar-refractivity contribution in [1.82, 2.24) is 5.32 Å². The number of carbonyl (C=O) groups excluding carboxylic acids is 1. The number of hydrogen-bond acceptors (Lipinski definition) is 2. The van der Waals surface area contributed by atoms with Crippen LogP contribution in [0.25, 0.3) is 0 Å². The minimum absolute atomic E-state index is 0.158. The van der Waals surface area contributed by atoms with Gasteiger partial charge in [-0.15, -0.1) is 11.3 Å². The zero-order valence-electron chi connectivity index (χ0n) is 10.4. The van der Waals surface area contributed by atoms with Crippen molar-refractivity contribution in [3.05, 3.63) is 22.4 Å². The molecule has 0 aliphatic heterocycles. The van der Waals surface area contributed by atoms with Gasteiger partial charge in [0, 0.05) is 11.3 Å². The highest BCUT2D eigenvalue weighted by molar-refractivity contribution is 7.10. The van der Waals surface area contributed by atoms with E-state index in [9.17, 15) is 4.79 Å². The molecule has 1 amide bonds. The summed E-state index contributed by atoms with van der Waals surface area (Å²) in [4.78, 5) is 13.1. The molecule has 1 saturated carbocycles. The third-order valence-corrected chi connectivity index (χ3v) is 4.60. The Morgan fingerprint density at radius 2 is 2.24 bits per heavy atom. The van der Waals surface area contributed by atoms with Gasteiger partial charge in [-0.2, -0.15) is 0 Å². The van der Waals surface area contributed by atoms with E-state index in [1.165, 1.54) is 37.0 Å². The first-order valence-corrected chi connectivity index (χ1v) is 7.46. The van der Waals surface area contributed by atoms with Crippen molar-refractivity contribution in [2.75, 3.05) is 0 Å². The minimum atomic E-state index is 0.158. The van der Waals surface area contributed by atoms with E-state index in [1.54, 1.807) is 11.3 Å². The van der Waals surface area contributed by atoms with E-state index in [4.69, 9.17) is 0 Å². The predicted molar refractivity (Wildman–Crippen MR) is 72.1 cm³/mol. The maximum atomic E-state index is 11.9. The van der Waals surface area contributed by atoms with Crippen molar-refractivity contribution in [3.8, 4) is 0 Å². The van der Waals surface area contributed by atoms with Gasteiger partial charge in [0.1, 0.15) is 0 Å². The van der Waals surface area contributed by atoms with Gasteiger partial charge in [-0.3, -0.25) is 4.79 Å². The molecular weight excluding hydrogens is 230 g/mol. The molecule has 0 radical (unpaired) electrons. The summed E-state index contributed by atoms with van der Waals surface area (Å²) in [5.74, 6) is 0.845. The predicted octanol–water partition coefficient (Wildman–Crippen LogP) is 3.90. The van der Waals surface area contributed by atoms with Crippen molar-refractivity contribution < 1.29 is 4.79 Å². The SMILES string of the molecule is CC(NC(=O)CC1CCCCC1)c1cccs1. The molecule has 1 fully saturated rings. The van der Waals surface area contributed by atoms with E-state index < -0.39 is 0 Å². The van der Waals surface area contributed by atoms with Crippen LogP contribution in [0.3, 0.4) is 0 Å². The Morgan fingerprint density at radius 3 is 2.88 bits per heavy atom. The Morgan fingerprint density at radius 1 is 1.47 bits per heavy atom. The fraction of sp³-hybridized carbons (Fsp3) is 0.643. The number of rotatable bonds is 4. The molecule has 1 atom stereocenters. The molecule has 2 nitrogen and oxygen atoms in total. The van der Waals surface area contributed by atoms with Crippen LogP contribution in [0, 0.1) is 5.92 Å². The fourth-order valence-corrected chi connectivity index (χ4v) is 3.30. The molecule has 0 bridgehead atoms. The second-order valence-electron chi connectivity index (χ2n) is 5.01. The van der Waals surface area contributed by atoms with Gasteiger partial charge in [0.25, 0.3) is 0 Å². The molecule has 0 aromatic carbocycles. The molecule has 94 valence electrons. The van der Waals surface area contributed by atoms with Crippen LogP contribution in [-0.4, -0.2) is 5.91 Å². The second kappa shape index (κ2) is 6.20. The van der Waals surface area contributed by atoms with Crippen LogP contribution >= 0.6 is 11.3 Å². The lowest BCUT2D eigenvalue weighted by Crippen LogP contribution is -2.28. The molecule has 1 N–H and O–H groups in total. The van der Waals surface area contributed by atoms with Crippen LogP contribution in [0.5, 0.6) is 0 Å². The maximum Gasteiger partial charge on any atom is 0.220 e. The lowest BCUT2D eigenvalue weighted by molar-refractivity contribution is -0.122. The lowest BCUT2D eigenvalue weighted by Gasteiger charge is -2.21. The zero-order chi connectivity index (χ0) is 12.1. The third kappa shape index (κ3) is 3.84. The first-order valence-electron chi connectivity index (χ1n) is 6.58. The Hall–Kier alpha value is -0.830. The van der Waals surface area contributed by atoms with Crippen LogP contribution in [0.15, 0.2) is 17.5 Å². The average molecular weight is 251 g/mol. The molecule has 1 aromatic rings. The van der Waals surface area contributed by atoms with Crippen molar-refractivity contribution in [1.29, 1.82) is 0 Å². The zero-order valence-corrected chi connectivity index (χ0v) is 11.3. The van der Waals surface area contributed by atoms with Crippen LogP contribution in [0.4, 0.5) is 0 Å². The molecule has 1 aromatic heterocycles. The summed E-state index contributed by atoms with van der Waals surface area (Å²) < 4.78 is 0. The molecule has 1 heterocycles. The highest BCUT2D eigenvalue weighted by Crippen LogP contribution is 2.26. The van der Waals surface area contributed by atoms with Crippen molar-refractivity contribution in [3.63, 3.8) is 0 Å². The smallest absolute Gasteiger partial charge is 0.220 e. The standard InChI is InChI=1S/C14H21NOS/c1-11(13-8-5-9-17-13)15-14(16)10-12-6-3-2-4-7-12/h5,8-9,11-12H,2-4,6-7,10H2,1H3,(H,15,16). The van der Waals surface area contributed by atoms with Gasteiger partial charge < -0.3 is 5.32 Å². The highest BCUT2D eigenvalue weighted by Gasteiger charge is 2.18. The fourth-order valence-electron chi connectivity index (χ4n) is 2.56. The second-order valence-corrected chi connectivity index (χ2v) is 5.99. The molecule has 0 spiro atoms. The van der Waals surface area contributed by atoms with Gasteiger partial charge in [-0.05, 0) is 37.1 Å². The number of nitrogens with one attached hydrogen (secondary N) is 1. The Labute approximate surface area is 107 Å². The van der Waals surface area contributed by atoms with E-state index >= 15 is 0 Å². The summed E-state index contributed by atoms with van der Waals surface area (Å²) in [7, 11) is 0. The first-order chi connectivity index (χ1) is 8.25. The molecule has 1 aliphatic rings. The van der Waals surface area contributed by atoms with Crippen LogP contribution < -0.4 is 5.32 Å². The Bertz CT molecular complexity index is 341. The van der Waals surface area contributed by atoms with Crippen LogP contribution in [-0.2, 0) is 4.79 Å². The first kappa shape index (κ1) is 12.6. The summed E-state index contributed by atoms with van der Waals surface area (Å²) in [6, 6.07) is 4.27. The van der Waals surface area contributed by atoms with E-state index in [1.807, 2.05) is 6.07 Å². The maximum absolute atomic E-state index is 11.9. The van der Waals surface area contributed by atoms with Gasteiger partial charge in [-0.1, -0.05) is 25.3 Å². The van der Waals surface area contributed by atoms with E-state index in [2.05, 4.69) is 23.7 Å². The van der Waals surface area contributed by atoms with Gasteiger partial charge in [0.05, 0.1) is 6.04 Å². The number of thiophene rings is 1.